The Balaban J connectivity index is 1.76. The topological polar surface area (TPSA) is 69.0 Å². The van der Waals surface area contributed by atoms with Crippen LogP contribution in [0.4, 0.5) is 19.0 Å². The first kappa shape index (κ1) is 20.3. The van der Waals surface area contributed by atoms with Gasteiger partial charge in [0.25, 0.3) is 12.0 Å². The summed E-state index contributed by atoms with van der Waals surface area (Å²) in [6.07, 6.45) is -0.465. The first-order valence-corrected chi connectivity index (χ1v) is 9.66. The summed E-state index contributed by atoms with van der Waals surface area (Å²) < 4.78 is 47.7. The second-order valence-corrected chi connectivity index (χ2v) is 7.41. The fourth-order valence-electron chi connectivity index (χ4n) is 3.76. The molecular weight excluding hydrogens is 397 g/mol. The Morgan fingerprint density at radius 2 is 2.00 bits per heavy atom. The van der Waals surface area contributed by atoms with Crippen molar-refractivity contribution in [2.24, 2.45) is 0 Å². The zero-order valence-corrected chi connectivity index (χ0v) is 16.5. The average Bonchev–Trinajstić information content (AvgIpc) is 3.24. The number of benzene rings is 1. The number of hydrogen-bond donors (Lipinski definition) is 1. The van der Waals surface area contributed by atoms with E-state index in [-0.39, 0.29) is 17.2 Å². The molecule has 0 bridgehead atoms. The molecule has 0 radical (unpaired) electrons. The van der Waals surface area contributed by atoms with E-state index in [0.717, 1.165) is 12.5 Å². The predicted molar refractivity (Wildman–Crippen MR) is 106 cm³/mol. The summed E-state index contributed by atoms with van der Waals surface area (Å²) in [5, 5.41) is 12.6. The van der Waals surface area contributed by atoms with E-state index in [4.69, 9.17) is 4.74 Å². The van der Waals surface area contributed by atoms with E-state index in [1.165, 1.54) is 18.2 Å². The van der Waals surface area contributed by atoms with Crippen LogP contribution in [0.15, 0.2) is 35.3 Å². The van der Waals surface area contributed by atoms with E-state index in [9.17, 15) is 18.0 Å². The Hall–Kier alpha value is -2.94. The molecule has 158 valence electrons. The molecule has 1 unspecified atom stereocenters. The van der Waals surface area contributed by atoms with Gasteiger partial charge in [-0.15, -0.1) is 5.10 Å². The lowest BCUT2D eigenvalue weighted by Crippen LogP contribution is -2.24. The Morgan fingerprint density at radius 1 is 1.23 bits per heavy atom. The first-order chi connectivity index (χ1) is 14.4. The summed E-state index contributed by atoms with van der Waals surface area (Å²) in [6.45, 7) is 4.44. The van der Waals surface area contributed by atoms with E-state index in [1.54, 1.807) is 24.6 Å². The maximum absolute atomic E-state index is 14.6. The molecule has 30 heavy (non-hydrogen) atoms. The number of hydrogen-bond acceptors (Lipinski definition) is 5. The molecule has 0 saturated carbocycles. The fraction of sp³-hybridized carbons (Fsp3) is 0.381. The highest BCUT2D eigenvalue weighted by Crippen LogP contribution is 2.31. The van der Waals surface area contributed by atoms with Gasteiger partial charge in [-0.1, -0.05) is 18.2 Å². The molecule has 6 nitrogen and oxygen atoms in total. The third kappa shape index (κ3) is 3.65. The molecule has 0 amide bonds. The molecule has 9 heteroatoms. The molecule has 0 aliphatic carbocycles. The minimum absolute atomic E-state index is 0.0687. The summed E-state index contributed by atoms with van der Waals surface area (Å²) >= 11 is 0. The minimum Gasteiger partial charge on any atom is -0.379 e. The molecule has 1 aliphatic rings. The Bertz CT molecular complexity index is 1140. The van der Waals surface area contributed by atoms with Crippen LogP contribution in [0.2, 0.25) is 0 Å². The molecule has 1 saturated heterocycles. The lowest BCUT2D eigenvalue weighted by Gasteiger charge is -2.19. The Labute approximate surface area is 170 Å². The van der Waals surface area contributed by atoms with E-state index in [2.05, 4.69) is 15.5 Å². The highest BCUT2D eigenvalue weighted by atomic mass is 19.3. The lowest BCUT2D eigenvalue weighted by atomic mass is 10.0. The van der Waals surface area contributed by atoms with Gasteiger partial charge in [0.15, 0.2) is 5.82 Å². The molecule has 1 N–H and O–H groups in total. The SMILES string of the molecule is Cc1nnc(N[C@H](C)c2cccc(C(F)F)c2F)c2cn(C3CCOC3)c(=O)cc12. The number of aryl methyl sites for hydroxylation is 1. The number of fused-ring (bicyclic) bond motifs is 1. The van der Waals surface area contributed by atoms with Gasteiger partial charge in [0, 0.05) is 35.2 Å². The Morgan fingerprint density at radius 3 is 2.70 bits per heavy atom. The van der Waals surface area contributed by atoms with Crippen LogP contribution in [-0.2, 0) is 4.74 Å². The molecule has 3 aromatic rings. The summed E-state index contributed by atoms with van der Waals surface area (Å²) in [4.78, 5) is 12.6. The van der Waals surface area contributed by atoms with Crippen LogP contribution in [0.1, 0.15) is 48.7 Å². The van der Waals surface area contributed by atoms with Gasteiger partial charge in [-0.05, 0) is 20.3 Å². The van der Waals surface area contributed by atoms with Crippen molar-refractivity contribution in [3.8, 4) is 0 Å². The normalized spacial score (nSPS) is 17.6. The van der Waals surface area contributed by atoms with Crippen molar-refractivity contribution in [2.45, 2.75) is 38.8 Å². The molecule has 3 heterocycles. The van der Waals surface area contributed by atoms with Crippen molar-refractivity contribution in [1.82, 2.24) is 14.8 Å². The molecular formula is C21H21F3N4O2. The zero-order valence-electron chi connectivity index (χ0n) is 16.5. The first-order valence-electron chi connectivity index (χ1n) is 9.66. The van der Waals surface area contributed by atoms with Gasteiger partial charge in [-0.3, -0.25) is 4.79 Å². The van der Waals surface area contributed by atoms with Crippen LogP contribution in [0.25, 0.3) is 10.8 Å². The second kappa shape index (κ2) is 8.06. The smallest absolute Gasteiger partial charge is 0.266 e. The summed E-state index contributed by atoms with van der Waals surface area (Å²) in [6, 6.07) is 4.70. The fourth-order valence-corrected chi connectivity index (χ4v) is 3.76. The van der Waals surface area contributed by atoms with Crippen LogP contribution in [0, 0.1) is 12.7 Å². The monoisotopic (exact) mass is 418 g/mol. The number of ether oxygens (including phenoxy) is 1. The standard InChI is InChI=1S/C21H21F3N4O2/c1-11(14-4-3-5-15(19(14)22)20(23)24)25-21-17-9-28(13-6-7-30-10-13)18(29)8-16(17)12(2)26-27-21/h3-5,8-9,11,13,20H,6-7,10H2,1-2H3,(H,25,27)/t11-,13?/m1/s1. The van der Waals surface area contributed by atoms with Gasteiger partial charge in [0.2, 0.25) is 0 Å². The van der Waals surface area contributed by atoms with Crippen molar-refractivity contribution in [1.29, 1.82) is 0 Å². The van der Waals surface area contributed by atoms with E-state index < -0.39 is 23.8 Å². The van der Waals surface area contributed by atoms with Crippen LogP contribution < -0.4 is 10.9 Å². The van der Waals surface area contributed by atoms with E-state index in [1.807, 2.05) is 0 Å². The number of pyridine rings is 1. The van der Waals surface area contributed by atoms with Crippen LogP contribution in [0.3, 0.4) is 0 Å². The molecule has 0 spiro atoms. The van der Waals surface area contributed by atoms with Crippen molar-refractivity contribution < 1.29 is 17.9 Å². The summed E-state index contributed by atoms with van der Waals surface area (Å²) in [7, 11) is 0. The van der Waals surface area contributed by atoms with Crippen molar-refractivity contribution in [3.63, 3.8) is 0 Å². The number of rotatable bonds is 5. The highest BCUT2D eigenvalue weighted by Gasteiger charge is 2.22. The van der Waals surface area contributed by atoms with Crippen molar-refractivity contribution >= 4 is 16.6 Å². The largest absolute Gasteiger partial charge is 0.379 e. The number of anilines is 1. The summed E-state index contributed by atoms with van der Waals surface area (Å²) in [5.41, 5.74) is -0.123. The average molecular weight is 418 g/mol. The molecule has 2 aromatic heterocycles. The number of alkyl halides is 2. The maximum Gasteiger partial charge on any atom is 0.266 e. The maximum atomic E-state index is 14.6. The minimum atomic E-state index is -2.90. The van der Waals surface area contributed by atoms with Crippen LogP contribution >= 0.6 is 0 Å². The third-order valence-corrected chi connectivity index (χ3v) is 5.44. The highest BCUT2D eigenvalue weighted by molar-refractivity contribution is 5.92. The molecule has 1 aliphatic heterocycles. The second-order valence-electron chi connectivity index (χ2n) is 7.41. The summed E-state index contributed by atoms with van der Waals surface area (Å²) in [5.74, 6) is -0.602. The van der Waals surface area contributed by atoms with Crippen molar-refractivity contribution in [2.75, 3.05) is 18.5 Å². The van der Waals surface area contributed by atoms with Gasteiger partial charge in [0.05, 0.1) is 29.9 Å². The van der Waals surface area contributed by atoms with Gasteiger partial charge in [-0.2, -0.15) is 5.10 Å². The van der Waals surface area contributed by atoms with Crippen LogP contribution in [0.5, 0.6) is 0 Å². The number of aromatic nitrogens is 3. The predicted octanol–water partition coefficient (Wildman–Crippen LogP) is 4.31. The zero-order chi connectivity index (χ0) is 21.4. The van der Waals surface area contributed by atoms with Gasteiger partial charge < -0.3 is 14.6 Å². The van der Waals surface area contributed by atoms with Gasteiger partial charge in [0.1, 0.15) is 5.82 Å². The van der Waals surface area contributed by atoms with E-state index >= 15 is 0 Å². The van der Waals surface area contributed by atoms with Crippen molar-refractivity contribution in [3.05, 3.63) is 63.5 Å². The number of nitrogens with one attached hydrogen (secondary N) is 1. The number of nitrogens with zero attached hydrogens (tertiary/aromatic N) is 3. The molecule has 2 atom stereocenters. The molecule has 1 aromatic carbocycles. The molecule has 4 rings (SSSR count). The Kier molecular flexibility index (Phi) is 5.46. The number of halogens is 3. The van der Waals surface area contributed by atoms with Crippen LogP contribution in [-0.4, -0.2) is 28.0 Å². The van der Waals surface area contributed by atoms with Gasteiger partial charge >= 0.3 is 0 Å². The van der Waals surface area contributed by atoms with Gasteiger partial charge in [-0.25, -0.2) is 13.2 Å². The third-order valence-electron chi connectivity index (χ3n) is 5.44. The molecule has 1 fully saturated rings. The lowest BCUT2D eigenvalue weighted by molar-refractivity contribution is 0.146. The van der Waals surface area contributed by atoms with E-state index in [0.29, 0.717) is 35.5 Å². The quantitative estimate of drug-likeness (QED) is 0.669.